The van der Waals surface area contributed by atoms with Crippen molar-refractivity contribution in [3.8, 4) is 5.75 Å². The van der Waals surface area contributed by atoms with Gasteiger partial charge in [-0.05, 0) is 59.0 Å². The maximum atomic E-state index is 13.4. The van der Waals surface area contributed by atoms with Gasteiger partial charge in [-0.1, -0.05) is 56.6 Å². The van der Waals surface area contributed by atoms with Crippen LogP contribution in [0.4, 0.5) is 5.69 Å². The second kappa shape index (κ2) is 8.44. The molecule has 3 aromatic carbocycles. The van der Waals surface area contributed by atoms with E-state index in [1.807, 2.05) is 24.3 Å². The summed E-state index contributed by atoms with van der Waals surface area (Å²) in [7, 11) is 1.78. The fourth-order valence-corrected chi connectivity index (χ4v) is 4.13. The zero-order valence-electron chi connectivity index (χ0n) is 18.8. The molecule has 0 spiro atoms. The lowest BCUT2D eigenvalue weighted by molar-refractivity contribution is -0.119. The minimum absolute atomic E-state index is 0.0674. The molecular weight excluding hydrogens is 420 g/mol. The van der Waals surface area contributed by atoms with Gasteiger partial charge in [0.25, 0.3) is 5.91 Å². The molecule has 1 aliphatic heterocycles. The molecule has 164 valence electrons. The maximum absolute atomic E-state index is 13.4. The van der Waals surface area contributed by atoms with Crippen LogP contribution in [0.25, 0.3) is 0 Å². The van der Waals surface area contributed by atoms with Gasteiger partial charge in [-0.15, -0.1) is 0 Å². The zero-order valence-corrected chi connectivity index (χ0v) is 19.5. The molecule has 1 aliphatic rings. The first-order chi connectivity index (χ1) is 15.1. The van der Waals surface area contributed by atoms with Gasteiger partial charge in [0, 0.05) is 29.6 Å². The average molecular weight is 447 g/mol. The minimum atomic E-state index is -0.574. The molecule has 0 saturated heterocycles. The molecule has 0 bridgehead atoms. The molecule has 1 N–H and O–H groups in total. The number of benzodiazepines with no additional fused rings is 1. The van der Waals surface area contributed by atoms with Gasteiger partial charge >= 0.3 is 0 Å². The lowest BCUT2D eigenvalue weighted by Gasteiger charge is -2.21. The van der Waals surface area contributed by atoms with Gasteiger partial charge in [0.15, 0.2) is 0 Å². The highest BCUT2D eigenvalue weighted by atomic mass is 35.5. The number of hydrogen-bond acceptors (Lipinski definition) is 3. The van der Waals surface area contributed by atoms with Gasteiger partial charge in [-0.2, -0.15) is 0 Å². The number of benzene rings is 3. The number of carbonyl (C=O) groups is 1. The van der Waals surface area contributed by atoms with Crippen molar-refractivity contribution in [3.05, 3.63) is 94.0 Å². The molecule has 1 atom stereocenters. The third-order valence-corrected chi connectivity index (χ3v) is 6.10. The van der Waals surface area contributed by atoms with Crippen molar-refractivity contribution in [2.24, 2.45) is 4.99 Å². The topological polar surface area (TPSA) is 52.9 Å². The number of phenols is 1. The van der Waals surface area contributed by atoms with E-state index in [-0.39, 0.29) is 17.1 Å². The highest BCUT2D eigenvalue weighted by Gasteiger charge is 2.30. The molecule has 0 radical (unpaired) electrons. The van der Waals surface area contributed by atoms with Crippen LogP contribution in [0.2, 0.25) is 5.02 Å². The summed E-state index contributed by atoms with van der Waals surface area (Å²) in [5.41, 5.74) is 5.45. The Labute approximate surface area is 194 Å². The molecule has 3 aromatic rings. The third-order valence-electron chi connectivity index (χ3n) is 5.87. The molecule has 1 heterocycles. The van der Waals surface area contributed by atoms with Crippen molar-refractivity contribution in [1.82, 2.24) is 0 Å². The lowest BCUT2D eigenvalue weighted by Crippen LogP contribution is -2.36. The Hall–Kier alpha value is -3.11. The van der Waals surface area contributed by atoms with Crippen molar-refractivity contribution in [1.29, 1.82) is 0 Å². The Morgan fingerprint density at radius 2 is 1.66 bits per heavy atom. The Morgan fingerprint density at radius 3 is 2.28 bits per heavy atom. The average Bonchev–Trinajstić information content (AvgIpc) is 2.85. The van der Waals surface area contributed by atoms with Crippen molar-refractivity contribution in [2.45, 2.75) is 38.6 Å². The second-order valence-electron chi connectivity index (χ2n) is 9.25. The summed E-state index contributed by atoms with van der Waals surface area (Å²) < 4.78 is 0. The van der Waals surface area contributed by atoms with Crippen LogP contribution in [0.5, 0.6) is 5.75 Å². The van der Waals surface area contributed by atoms with Crippen LogP contribution in [0.15, 0.2) is 71.7 Å². The SMILES string of the molecule is CN1C(=O)C(Cc2ccc(C(C)(C)C)cc2)N=C(c2ccc(O)cc2)c2cc(Cl)ccc21. The van der Waals surface area contributed by atoms with Gasteiger partial charge in [0.05, 0.1) is 11.4 Å². The fraction of sp³-hybridized carbons (Fsp3) is 0.259. The van der Waals surface area contributed by atoms with E-state index in [2.05, 4.69) is 45.0 Å². The number of halogens is 1. The van der Waals surface area contributed by atoms with Crippen LogP contribution < -0.4 is 4.90 Å². The van der Waals surface area contributed by atoms with E-state index in [9.17, 15) is 9.90 Å². The van der Waals surface area contributed by atoms with Gasteiger partial charge in [0.1, 0.15) is 11.8 Å². The molecule has 4 rings (SSSR count). The van der Waals surface area contributed by atoms with Crippen molar-refractivity contribution < 1.29 is 9.90 Å². The van der Waals surface area contributed by atoms with Gasteiger partial charge in [0.2, 0.25) is 0 Å². The molecule has 0 aliphatic carbocycles. The standard InChI is InChI=1S/C27H27ClN2O2/c1-27(2,3)19-9-5-17(6-10-19)15-23-26(32)30(4)24-14-11-20(28)16-22(24)25(29-23)18-7-12-21(31)13-8-18/h5-14,16,23,31H,15H2,1-4H3. The Morgan fingerprint density at radius 1 is 1.00 bits per heavy atom. The molecule has 1 unspecified atom stereocenters. The monoisotopic (exact) mass is 446 g/mol. The first kappa shape index (κ1) is 22.1. The second-order valence-corrected chi connectivity index (χ2v) is 9.69. The molecule has 5 heteroatoms. The molecule has 0 fully saturated rings. The van der Waals surface area contributed by atoms with E-state index in [0.29, 0.717) is 17.2 Å². The van der Waals surface area contributed by atoms with E-state index in [4.69, 9.17) is 16.6 Å². The molecule has 1 amide bonds. The molecular formula is C27H27ClN2O2. The summed E-state index contributed by atoms with van der Waals surface area (Å²) in [5.74, 6) is 0.111. The van der Waals surface area contributed by atoms with Crippen molar-refractivity contribution in [2.75, 3.05) is 11.9 Å². The summed E-state index contributed by atoms with van der Waals surface area (Å²) in [5, 5.41) is 10.3. The summed E-state index contributed by atoms with van der Waals surface area (Å²) >= 11 is 6.31. The third kappa shape index (κ3) is 4.42. The highest BCUT2D eigenvalue weighted by molar-refractivity contribution is 6.32. The van der Waals surface area contributed by atoms with E-state index in [0.717, 1.165) is 22.4 Å². The summed E-state index contributed by atoms with van der Waals surface area (Å²) in [6, 6.07) is 20.2. The Bertz CT molecular complexity index is 1180. The van der Waals surface area contributed by atoms with Crippen LogP contribution in [0, 0.1) is 0 Å². The number of anilines is 1. The number of phenolic OH excluding ortho intramolecular Hbond substituents is 1. The predicted octanol–water partition coefficient (Wildman–Crippen LogP) is 5.77. The first-order valence-electron chi connectivity index (χ1n) is 10.7. The lowest BCUT2D eigenvalue weighted by atomic mass is 9.86. The van der Waals surface area contributed by atoms with E-state index >= 15 is 0 Å². The largest absolute Gasteiger partial charge is 0.508 e. The smallest absolute Gasteiger partial charge is 0.251 e. The number of aromatic hydroxyl groups is 1. The molecule has 32 heavy (non-hydrogen) atoms. The number of carbonyl (C=O) groups excluding carboxylic acids is 1. The van der Waals surface area contributed by atoms with E-state index in [1.165, 1.54) is 5.56 Å². The number of fused-ring (bicyclic) bond motifs is 1. The van der Waals surface area contributed by atoms with Crippen LogP contribution in [0.3, 0.4) is 0 Å². The van der Waals surface area contributed by atoms with Crippen LogP contribution in [-0.4, -0.2) is 29.8 Å². The zero-order chi connectivity index (χ0) is 23.0. The Kier molecular flexibility index (Phi) is 5.83. The van der Waals surface area contributed by atoms with Gasteiger partial charge in [-0.3, -0.25) is 9.79 Å². The van der Waals surface area contributed by atoms with Crippen LogP contribution in [0.1, 0.15) is 43.0 Å². The molecule has 4 nitrogen and oxygen atoms in total. The summed E-state index contributed by atoms with van der Waals surface area (Å²) in [4.78, 5) is 20.0. The quantitative estimate of drug-likeness (QED) is 0.555. The van der Waals surface area contributed by atoms with Gasteiger partial charge < -0.3 is 10.0 Å². The minimum Gasteiger partial charge on any atom is -0.508 e. The molecule has 0 aromatic heterocycles. The summed E-state index contributed by atoms with van der Waals surface area (Å²) in [6.07, 6.45) is 0.497. The fourth-order valence-electron chi connectivity index (χ4n) is 3.96. The normalized spacial score (nSPS) is 16.4. The van der Waals surface area contributed by atoms with Crippen molar-refractivity contribution >= 4 is 28.9 Å². The predicted molar refractivity (Wildman–Crippen MR) is 131 cm³/mol. The van der Waals surface area contributed by atoms with Crippen LogP contribution in [-0.2, 0) is 16.6 Å². The maximum Gasteiger partial charge on any atom is 0.251 e. The number of amides is 1. The van der Waals surface area contributed by atoms with E-state index in [1.54, 1.807) is 30.1 Å². The number of likely N-dealkylation sites (N-methyl/N-ethyl adjacent to an activating group) is 1. The van der Waals surface area contributed by atoms with E-state index < -0.39 is 6.04 Å². The number of nitrogens with zero attached hydrogens (tertiary/aromatic N) is 2. The number of hydrogen-bond donors (Lipinski definition) is 1. The summed E-state index contributed by atoms with van der Waals surface area (Å²) in [6.45, 7) is 6.55. The van der Waals surface area contributed by atoms with Crippen molar-refractivity contribution in [3.63, 3.8) is 0 Å². The number of aliphatic imine (C=N–C) groups is 1. The molecule has 0 saturated carbocycles. The Balaban J connectivity index is 1.79. The number of rotatable bonds is 3. The highest BCUT2D eigenvalue weighted by Crippen LogP contribution is 2.31. The van der Waals surface area contributed by atoms with Crippen LogP contribution >= 0.6 is 11.6 Å². The van der Waals surface area contributed by atoms with Gasteiger partial charge in [-0.25, -0.2) is 0 Å². The first-order valence-corrected chi connectivity index (χ1v) is 11.1.